The number of rotatable bonds is 9. The van der Waals surface area contributed by atoms with Crippen LogP contribution in [0.3, 0.4) is 0 Å². The van der Waals surface area contributed by atoms with Crippen molar-refractivity contribution in [3.63, 3.8) is 0 Å². The first-order valence-corrected chi connectivity index (χ1v) is 11.9. The molecular weight excluding hydrogens is 464 g/mol. The minimum Gasteiger partial charge on any atom is -0.478 e. The van der Waals surface area contributed by atoms with E-state index in [2.05, 4.69) is 29.7 Å². The topological polar surface area (TPSA) is 151 Å². The van der Waals surface area contributed by atoms with E-state index in [0.717, 1.165) is 12.2 Å². The van der Waals surface area contributed by atoms with E-state index in [-0.39, 0.29) is 24.0 Å². The Kier molecular flexibility index (Phi) is 8.75. The Bertz CT molecular complexity index is 1060. The predicted molar refractivity (Wildman–Crippen MR) is 135 cm³/mol. The van der Waals surface area contributed by atoms with Gasteiger partial charge in [0.25, 0.3) is 0 Å². The van der Waals surface area contributed by atoms with Gasteiger partial charge < -0.3 is 30.3 Å². The van der Waals surface area contributed by atoms with E-state index in [1.54, 1.807) is 6.20 Å². The second-order valence-electron chi connectivity index (χ2n) is 10.1. The number of carbonyl (C=O) groups excluding carboxylic acids is 1. The van der Waals surface area contributed by atoms with Gasteiger partial charge in [0.05, 0.1) is 23.7 Å². The summed E-state index contributed by atoms with van der Waals surface area (Å²) >= 11 is 0. The molecule has 1 aliphatic rings. The average Bonchev–Trinajstić information content (AvgIpc) is 2.79. The van der Waals surface area contributed by atoms with Gasteiger partial charge in [0.2, 0.25) is 11.9 Å². The third-order valence-corrected chi connectivity index (χ3v) is 5.56. The van der Waals surface area contributed by atoms with Crippen molar-refractivity contribution in [2.75, 3.05) is 56.6 Å². The van der Waals surface area contributed by atoms with Crippen LogP contribution in [0, 0.1) is 0 Å². The van der Waals surface area contributed by atoms with Gasteiger partial charge in [-0.2, -0.15) is 0 Å². The number of likely N-dealkylation sites (N-methyl/N-ethyl adjacent to an activating group) is 1. The molecule has 2 aromatic heterocycles. The molecule has 0 bridgehead atoms. The minimum atomic E-state index is -1.06. The summed E-state index contributed by atoms with van der Waals surface area (Å²) in [7, 11) is 3.99. The lowest BCUT2D eigenvalue weighted by Gasteiger charge is -2.42. The Labute approximate surface area is 211 Å². The summed E-state index contributed by atoms with van der Waals surface area (Å²) < 4.78 is 5.46. The molecule has 2 aromatic rings. The van der Waals surface area contributed by atoms with Crippen molar-refractivity contribution in [3.8, 4) is 0 Å². The quantitative estimate of drug-likeness (QED) is 0.464. The standard InChI is InChI=1S/C24H36N8O4/c1-24(2,3)36-20(33)10-16-11-28-23(29-19(16)6-7-25)31-8-9-32(18(15-31)14-30(4)5)22-26-12-17(13-27-22)21(34)35/h11-13,18H,6-10,14-15,25H2,1-5H3,(H,34,35)/t18-/m1/s1. The molecule has 0 radical (unpaired) electrons. The fourth-order valence-corrected chi connectivity index (χ4v) is 4.08. The van der Waals surface area contributed by atoms with E-state index in [0.29, 0.717) is 50.1 Å². The fourth-order valence-electron chi connectivity index (χ4n) is 4.08. The van der Waals surface area contributed by atoms with E-state index in [9.17, 15) is 9.59 Å². The van der Waals surface area contributed by atoms with Gasteiger partial charge >= 0.3 is 11.9 Å². The van der Waals surface area contributed by atoms with E-state index < -0.39 is 11.6 Å². The highest BCUT2D eigenvalue weighted by atomic mass is 16.6. The van der Waals surface area contributed by atoms with Crippen LogP contribution in [0.2, 0.25) is 0 Å². The van der Waals surface area contributed by atoms with Gasteiger partial charge in [0.1, 0.15) is 5.60 Å². The molecule has 36 heavy (non-hydrogen) atoms. The molecule has 0 aromatic carbocycles. The van der Waals surface area contributed by atoms with Crippen molar-refractivity contribution >= 4 is 23.8 Å². The zero-order valence-electron chi connectivity index (χ0n) is 21.6. The average molecular weight is 501 g/mol. The van der Waals surface area contributed by atoms with Crippen LogP contribution in [0.1, 0.15) is 42.4 Å². The largest absolute Gasteiger partial charge is 0.478 e. The Balaban J connectivity index is 1.80. The zero-order valence-corrected chi connectivity index (χ0v) is 21.6. The fraction of sp³-hybridized carbons (Fsp3) is 0.583. The van der Waals surface area contributed by atoms with Crippen molar-refractivity contribution < 1.29 is 19.4 Å². The Morgan fingerprint density at radius 3 is 2.39 bits per heavy atom. The van der Waals surface area contributed by atoms with Crippen LogP contribution in [0.25, 0.3) is 0 Å². The number of ether oxygens (including phenoxy) is 1. The number of hydrogen-bond acceptors (Lipinski definition) is 11. The molecule has 196 valence electrons. The second kappa shape index (κ2) is 11.6. The normalized spacial score (nSPS) is 16.4. The number of nitrogens with two attached hydrogens (primary N) is 1. The molecule has 0 amide bonds. The van der Waals surface area contributed by atoms with Crippen LogP contribution in [0.15, 0.2) is 18.6 Å². The Hall–Kier alpha value is -3.38. The maximum Gasteiger partial charge on any atom is 0.338 e. The highest BCUT2D eigenvalue weighted by Crippen LogP contribution is 2.22. The molecule has 0 saturated carbocycles. The molecule has 0 spiro atoms. The van der Waals surface area contributed by atoms with Gasteiger partial charge in [-0.15, -0.1) is 0 Å². The number of aromatic carboxylic acids is 1. The SMILES string of the molecule is CN(C)C[C@@H]1CN(c2ncc(CC(=O)OC(C)(C)C)c(CCN)n2)CCN1c1ncc(C(=O)O)cn1. The van der Waals surface area contributed by atoms with Gasteiger partial charge in [-0.25, -0.2) is 24.7 Å². The molecule has 3 N–H and O–H groups in total. The summed E-state index contributed by atoms with van der Waals surface area (Å²) in [5.41, 5.74) is 6.77. The second-order valence-corrected chi connectivity index (χ2v) is 10.1. The summed E-state index contributed by atoms with van der Waals surface area (Å²) in [5.74, 6) is -0.316. The number of hydrogen-bond donors (Lipinski definition) is 2. The van der Waals surface area contributed by atoms with E-state index in [1.165, 1.54) is 12.4 Å². The number of piperazine rings is 1. The van der Waals surface area contributed by atoms with Gasteiger partial charge in [-0.05, 0) is 41.4 Å². The third-order valence-electron chi connectivity index (χ3n) is 5.56. The first-order chi connectivity index (χ1) is 17.0. The Morgan fingerprint density at radius 2 is 1.81 bits per heavy atom. The lowest BCUT2D eigenvalue weighted by molar-refractivity contribution is -0.153. The summed E-state index contributed by atoms with van der Waals surface area (Å²) in [6.07, 6.45) is 4.97. The maximum atomic E-state index is 12.4. The monoisotopic (exact) mass is 500 g/mol. The molecule has 12 nitrogen and oxygen atoms in total. The van der Waals surface area contributed by atoms with Crippen LogP contribution < -0.4 is 15.5 Å². The van der Waals surface area contributed by atoms with Crippen LogP contribution in [-0.4, -0.2) is 100 Å². The van der Waals surface area contributed by atoms with Crippen LogP contribution in [0.4, 0.5) is 11.9 Å². The molecular formula is C24H36N8O4. The van der Waals surface area contributed by atoms with Crippen LogP contribution in [0.5, 0.6) is 0 Å². The molecule has 3 heterocycles. The van der Waals surface area contributed by atoms with E-state index in [4.69, 9.17) is 20.6 Å². The number of anilines is 2. The lowest BCUT2D eigenvalue weighted by atomic mass is 10.1. The smallest absolute Gasteiger partial charge is 0.338 e. The first kappa shape index (κ1) is 27.2. The van der Waals surface area contributed by atoms with Crippen molar-refractivity contribution in [1.82, 2.24) is 24.8 Å². The van der Waals surface area contributed by atoms with E-state index >= 15 is 0 Å². The number of carbonyl (C=O) groups is 2. The number of nitrogens with zero attached hydrogens (tertiary/aromatic N) is 7. The molecule has 1 saturated heterocycles. The molecule has 3 rings (SSSR count). The van der Waals surface area contributed by atoms with Crippen molar-refractivity contribution in [3.05, 3.63) is 35.4 Å². The predicted octanol–water partition coefficient (Wildman–Crippen LogP) is 0.607. The zero-order chi connectivity index (χ0) is 26.5. The molecule has 1 atom stereocenters. The highest BCUT2D eigenvalue weighted by molar-refractivity contribution is 5.86. The molecule has 12 heteroatoms. The van der Waals surface area contributed by atoms with Crippen LogP contribution >= 0.6 is 0 Å². The van der Waals surface area contributed by atoms with Gasteiger partial charge in [0.15, 0.2) is 0 Å². The lowest BCUT2D eigenvalue weighted by Crippen LogP contribution is -2.57. The Morgan fingerprint density at radius 1 is 1.14 bits per heavy atom. The number of esters is 1. The first-order valence-electron chi connectivity index (χ1n) is 11.9. The van der Waals surface area contributed by atoms with Gasteiger partial charge in [0, 0.05) is 56.8 Å². The molecule has 0 aliphatic carbocycles. The highest BCUT2D eigenvalue weighted by Gasteiger charge is 2.31. The van der Waals surface area contributed by atoms with Crippen molar-refractivity contribution in [2.45, 2.75) is 45.3 Å². The minimum absolute atomic E-state index is 0.0208. The molecule has 1 aliphatic heterocycles. The van der Waals surface area contributed by atoms with Crippen LogP contribution in [-0.2, 0) is 22.4 Å². The number of aromatic nitrogens is 4. The van der Waals surface area contributed by atoms with Gasteiger partial charge in [-0.1, -0.05) is 0 Å². The third kappa shape index (κ3) is 7.31. The van der Waals surface area contributed by atoms with E-state index in [1.807, 2.05) is 34.9 Å². The number of carboxylic acid groups (broad SMARTS) is 1. The summed E-state index contributed by atoms with van der Waals surface area (Å²) in [5, 5.41) is 9.14. The molecule has 0 unspecified atom stereocenters. The van der Waals surface area contributed by atoms with Crippen molar-refractivity contribution in [1.29, 1.82) is 0 Å². The summed E-state index contributed by atoms with van der Waals surface area (Å²) in [4.78, 5) is 47.7. The molecule has 1 fully saturated rings. The number of carboxylic acids is 1. The summed E-state index contributed by atoms with van der Waals surface area (Å²) in [6.45, 7) is 8.49. The van der Waals surface area contributed by atoms with Crippen molar-refractivity contribution in [2.24, 2.45) is 5.73 Å². The van der Waals surface area contributed by atoms with Gasteiger partial charge in [-0.3, -0.25) is 4.79 Å². The summed E-state index contributed by atoms with van der Waals surface area (Å²) in [6, 6.07) is 0.0208. The maximum absolute atomic E-state index is 12.4.